The topological polar surface area (TPSA) is 87.5 Å². The third-order valence-corrected chi connectivity index (χ3v) is 5.06. The molecule has 7 nitrogen and oxygen atoms in total. The first kappa shape index (κ1) is 18.0. The smallest absolute Gasteiger partial charge is 0.323 e. The van der Waals surface area contributed by atoms with Crippen LogP contribution >= 0.6 is 0 Å². The van der Waals surface area contributed by atoms with Crippen LogP contribution in [-0.2, 0) is 4.79 Å². The predicted octanol–water partition coefficient (Wildman–Crippen LogP) is 4.59. The molecule has 0 atom stereocenters. The van der Waals surface area contributed by atoms with Gasteiger partial charge >= 0.3 is 6.03 Å². The molecule has 4 rings (SSSR count). The van der Waals surface area contributed by atoms with Crippen molar-refractivity contribution in [3.63, 3.8) is 0 Å². The number of aromatic nitrogens is 2. The van der Waals surface area contributed by atoms with Gasteiger partial charge < -0.3 is 20.4 Å². The maximum atomic E-state index is 12.4. The van der Waals surface area contributed by atoms with Crippen molar-refractivity contribution >= 4 is 34.6 Å². The Morgan fingerprint density at radius 3 is 2.57 bits per heavy atom. The lowest BCUT2D eigenvalue weighted by molar-refractivity contribution is -0.114. The Kier molecular flexibility index (Phi) is 4.97. The molecule has 1 fully saturated rings. The molecule has 1 aromatic carbocycles. The summed E-state index contributed by atoms with van der Waals surface area (Å²) < 4.78 is 1.84. The van der Waals surface area contributed by atoms with Crippen molar-refractivity contribution in [2.75, 3.05) is 16.0 Å². The van der Waals surface area contributed by atoms with Gasteiger partial charge in [0.2, 0.25) is 5.91 Å². The van der Waals surface area contributed by atoms with Gasteiger partial charge in [-0.3, -0.25) is 4.79 Å². The van der Waals surface area contributed by atoms with E-state index < -0.39 is 0 Å². The van der Waals surface area contributed by atoms with Crippen molar-refractivity contribution in [3.05, 3.63) is 54.5 Å². The van der Waals surface area contributed by atoms with Crippen LogP contribution in [-0.4, -0.2) is 21.3 Å². The summed E-state index contributed by atoms with van der Waals surface area (Å²) in [6, 6.07) is 8.98. The molecule has 0 bridgehead atoms. The van der Waals surface area contributed by atoms with E-state index in [-0.39, 0.29) is 11.9 Å². The van der Waals surface area contributed by atoms with Crippen molar-refractivity contribution in [3.8, 4) is 0 Å². The Morgan fingerprint density at radius 2 is 1.79 bits per heavy atom. The molecule has 7 heteroatoms. The monoisotopic (exact) mass is 377 g/mol. The molecule has 1 aliphatic rings. The average molecular weight is 377 g/mol. The number of benzene rings is 1. The first-order valence-electron chi connectivity index (χ1n) is 9.51. The summed E-state index contributed by atoms with van der Waals surface area (Å²) in [5.74, 6) is 0.322. The number of anilines is 3. The fourth-order valence-electron chi connectivity index (χ4n) is 3.81. The number of urea groups is 1. The van der Waals surface area contributed by atoms with Crippen LogP contribution in [0.2, 0.25) is 0 Å². The van der Waals surface area contributed by atoms with E-state index in [1.54, 1.807) is 6.20 Å². The highest BCUT2D eigenvalue weighted by Gasteiger charge is 2.21. The molecule has 0 saturated heterocycles. The van der Waals surface area contributed by atoms with Crippen LogP contribution in [0.3, 0.4) is 0 Å². The average Bonchev–Trinajstić information content (AvgIpc) is 3.33. The number of pyridine rings is 1. The zero-order chi connectivity index (χ0) is 19.5. The highest BCUT2D eigenvalue weighted by atomic mass is 16.2. The van der Waals surface area contributed by atoms with E-state index in [0.29, 0.717) is 17.3 Å². The largest absolute Gasteiger partial charge is 0.326 e. The van der Waals surface area contributed by atoms with E-state index in [1.807, 2.05) is 47.1 Å². The summed E-state index contributed by atoms with van der Waals surface area (Å²) in [7, 11) is 0. The van der Waals surface area contributed by atoms with Crippen molar-refractivity contribution in [2.45, 2.75) is 38.5 Å². The first-order chi connectivity index (χ1) is 13.6. The number of amides is 3. The van der Waals surface area contributed by atoms with Gasteiger partial charge in [0.15, 0.2) is 0 Å². The third kappa shape index (κ3) is 3.98. The van der Waals surface area contributed by atoms with Crippen LogP contribution in [0.5, 0.6) is 0 Å². The number of fused-ring (bicyclic) bond motifs is 1. The second kappa shape index (κ2) is 7.72. The SMILES string of the molecule is CC(=O)Nc1ccc(NC(=O)Nc2ccc3nccn3c2)cc1C1CCCC1. The summed E-state index contributed by atoms with van der Waals surface area (Å²) in [6.45, 7) is 1.51. The molecule has 0 radical (unpaired) electrons. The molecule has 0 spiro atoms. The number of hydrogen-bond donors (Lipinski definition) is 3. The highest BCUT2D eigenvalue weighted by Crippen LogP contribution is 2.39. The molecule has 2 heterocycles. The lowest BCUT2D eigenvalue weighted by Gasteiger charge is -2.17. The lowest BCUT2D eigenvalue weighted by atomic mass is 9.95. The van der Waals surface area contributed by atoms with Gasteiger partial charge in [0.1, 0.15) is 5.65 Å². The van der Waals surface area contributed by atoms with Gasteiger partial charge in [0, 0.05) is 36.9 Å². The Labute approximate surface area is 163 Å². The molecule has 28 heavy (non-hydrogen) atoms. The number of nitrogens with one attached hydrogen (secondary N) is 3. The molecule has 3 amide bonds. The van der Waals surface area contributed by atoms with Gasteiger partial charge in [-0.1, -0.05) is 12.8 Å². The second-order valence-corrected chi connectivity index (χ2v) is 7.15. The molecule has 1 saturated carbocycles. The van der Waals surface area contributed by atoms with E-state index in [1.165, 1.54) is 19.8 Å². The van der Waals surface area contributed by atoms with Crippen molar-refractivity contribution < 1.29 is 9.59 Å². The van der Waals surface area contributed by atoms with Gasteiger partial charge in [0.05, 0.1) is 5.69 Å². The lowest BCUT2D eigenvalue weighted by Crippen LogP contribution is -2.20. The maximum absolute atomic E-state index is 12.4. The Morgan fingerprint density at radius 1 is 1.04 bits per heavy atom. The summed E-state index contributed by atoms with van der Waals surface area (Å²) in [4.78, 5) is 28.1. The third-order valence-electron chi connectivity index (χ3n) is 5.06. The van der Waals surface area contributed by atoms with E-state index in [9.17, 15) is 9.59 Å². The molecular formula is C21H23N5O2. The normalized spacial score (nSPS) is 14.2. The van der Waals surface area contributed by atoms with Crippen molar-refractivity contribution in [1.29, 1.82) is 0 Å². The van der Waals surface area contributed by atoms with Gasteiger partial charge in [0.25, 0.3) is 0 Å². The summed E-state index contributed by atoms with van der Waals surface area (Å²) in [6.07, 6.45) is 9.94. The van der Waals surface area contributed by atoms with Crippen LogP contribution in [0.4, 0.5) is 21.9 Å². The number of carbonyl (C=O) groups is 2. The molecule has 2 aromatic heterocycles. The molecular weight excluding hydrogens is 354 g/mol. The van der Waals surface area contributed by atoms with E-state index in [2.05, 4.69) is 20.9 Å². The maximum Gasteiger partial charge on any atom is 0.323 e. The second-order valence-electron chi connectivity index (χ2n) is 7.15. The predicted molar refractivity (Wildman–Crippen MR) is 110 cm³/mol. The minimum atomic E-state index is -0.316. The van der Waals surface area contributed by atoms with Gasteiger partial charge in [-0.15, -0.1) is 0 Å². The minimum absolute atomic E-state index is 0.0902. The van der Waals surface area contributed by atoms with Crippen LogP contribution in [0.25, 0.3) is 5.65 Å². The number of carbonyl (C=O) groups excluding carboxylic acids is 2. The molecule has 0 aliphatic heterocycles. The molecule has 144 valence electrons. The Hall–Kier alpha value is -3.35. The molecule has 3 N–H and O–H groups in total. The van der Waals surface area contributed by atoms with Crippen LogP contribution in [0.15, 0.2) is 48.9 Å². The molecule has 1 aliphatic carbocycles. The van der Waals surface area contributed by atoms with E-state index in [4.69, 9.17) is 0 Å². The number of rotatable bonds is 4. The zero-order valence-corrected chi connectivity index (χ0v) is 15.7. The quantitative estimate of drug-likeness (QED) is 0.621. The van der Waals surface area contributed by atoms with Gasteiger partial charge in [-0.25, -0.2) is 9.78 Å². The summed E-state index contributed by atoms with van der Waals surface area (Å²) in [5, 5.41) is 8.64. The number of hydrogen-bond acceptors (Lipinski definition) is 3. The van der Waals surface area contributed by atoms with Crippen LogP contribution in [0, 0.1) is 0 Å². The Bertz CT molecular complexity index is 1020. The standard InChI is InChI=1S/C21H23N5O2/c1-14(27)23-19-8-6-16(12-18(19)15-4-2-3-5-15)24-21(28)25-17-7-9-20-22-10-11-26(20)13-17/h6-13,15H,2-5H2,1H3,(H,23,27)(H2,24,25,28). The Balaban J connectivity index is 1.50. The molecule has 0 unspecified atom stereocenters. The van der Waals surface area contributed by atoms with Crippen LogP contribution < -0.4 is 16.0 Å². The molecule has 3 aromatic rings. The van der Waals surface area contributed by atoms with Crippen molar-refractivity contribution in [2.24, 2.45) is 0 Å². The fraction of sp³-hybridized carbons (Fsp3) is 0.286. The summed E-state index contributed by atoms with van der Waals surface area (Å²) >= 11 is 0. The first-order valence-corrected chi connectivity index (χ1v) is 9.51. The van der Waals surface area contributed by atoms with E-state index >= 15 is 0 Å². The fourth-order valence-corrected chi connectivity index (χ4v) is 3.81. The van der Waals surface area contributed by atoms with E-state index in [0.717, 1.165) is 29.7 Å². The summed E-state index contributed by atoms with van der Waals surface area (Å²) in [5.41, 5.74) is 4.12. The minimum Gasteiger partial charge on any atom is -0.326 e. The van der Waals surface area contributed by atoms with Crippen LogP contribution in [0.1, 0.15) is 44.1 Å². The van der Waals surface area contributed by atoms with Gasteiger partial charge in [-0.05, 0) is 54.7 Å². The van der Waals surface area contributed by atoms with Gasteiger partial charge in [-0.2, -0.15) is 0 Å². The highest BCUT2D eigenvalue weighted by molar-refractivity contribution is 6.00. The van der Waals surface area contributed by atoms with Crippen molar-refractivity contribution in [1.82, 2.24) is 9.38 Å². The zero-order valence-electron chi connectivity index (χ0n) is 15.7. The number of nitrogens with zero attached hydrogens (tertiary/aromatic N) is 2. The number of imidazole rings is 1.